The molecule has 1 aromatic rings. The van der Waals surface area contributed by atoms with E-state index < -0.39 is 28.6 Å². The van der Waals surface area contributed by atoms with E-state index in [-0.39, 0.29) is 17.9 Å². The van der Waals surface area contributed by atoms with Crippen molar-refractivity contribution in [2.45, 2.75) is 36.7 Å². The first-order valence-electron chi connectivity index (χ1n) is 5.86. The van der Waals surface area contributed by atoms with Gasteiger partial charge in [0.1, 0.15) is 6.10 Å². The molecule has 0 radical (unpaired) electrons. The van der Waals surface area contributed by atoms with Crippen LogP contribution in [-0.2, 0) is 19.0 Å². The molecule has 2 rings (SSSR count). The summed E-state index contributed by atoms with van der Waals surface area (Å²) in [5, 5.41) is 18.8. The second kappa shape index (κ2) is 5.56. The summed E-state index contributed by atoms with van der Waals surface area (Å²) in [7, 11) is -3.95. The molecule has 3 atom stereocenters. The summed E-state index contributed by atoms with van der Waals surface area (Å²) in [5.41, 5.74) is 0.933. The van der Waals surface area contributed by atoms with Gasteiger partial charge < -0.3 is 14.9 Å². The highest BCUT2D eigenvalue weighted by Crippen LogP contribution is 2.21. The van der Waals surface area contributed by atoms with Gasteiger partial charge in [-0.15, -0.1) is 0 Å². The summed E-state index contributed by atoms with van der Waals surface area (Å²) < 4.78 is 33.8. The Morgan fingerprint density at radius 3 is 2.47 bits per heavy atom. The van der Waals surface area contributed by atoms with Crippen molar-refractivity contribution in [3.63, 3.8) is 0 Å². The molecule has 1 heterocycles. The lowest BCUT2D eigenvalue weighted by Gasteiger charge is -2.30. The summed E-state index contributed by atoms with van der Waals surface area (Å²) in [5.74, 6) is 0. The zero-order valence-electron chi connectivity index (χ0n) is 10.4. The Morgan fingerprint density at radius 2 is 1.89 bits per heavy atom. The monoisotopic (exact) mass is 288 g/mol. The van der Waals surface area contributed by atoms with Crippen LogP contribution in [0.15, 0.2) is 29.2 Å². The Morgan fingerprint density at radius 1 is 1.26 bits per heavy atom. The van der Waals surface area contributed by atoms with Gasteiger partial charge in [-0.2, -0.15) is 8.42 Å². The largest absolute Gasteiger partial charge is 0.390 e. The topological polar surface area (TPSA) is 93.1 Å². The third kappa shape index (κ3) is 3.52. The highest BCUT2D eigenvalue weighted by Gasteiger charge is 2.33. The second-order valence-electron chi connectivity index (χ2n) is 4.49. The van der Waals surface area contributed by atoms with E-state index in [1.807, 2.05) is 6.92 Å². The van der Waals surface area contributed by atoms with Gasteiger partial charge in [0, 0.05) is 6.42 Å². The number of aliphatic hydroxyl groups is 2. The number of benzene rings is 1. The minimum absolute atomic E-state index is 0.0245. The third-order valence-electron chi connectivity index (χ3n) is 2.89. The number of ether oxygens (including phenoxy) is 1. The quantitative estimate of drug-likeness (QED) is 0.770. The van der Waals surface area contributed by atoms with Crippen molar-refractivity contribution >= 4 is 10.1 Å². The zero-order chi connectivity index (χ0) is 14.0. The molecular weight excluding hydrogens is 272 g/mol. The molecule has 2 N–H and O–H groups in total. The van der Waals surface area contributed by atoms with Gasteiger partial charge >= 0.3 is 0 Å². The minimum Gasteiger partial charge on any atom is -0.390 e. The van der Waals surface area contributed by atoms with Crippen LogP contribution in [0.4, 0.5) is 0 Å². The molecule has 0 aliphatic carbocycles. The summed E-state index contributed by atoms with van der Waals surface area (Å²) in [6, 6.07) is 6.20. The van der Waals surface area contributed by atoms with Gasteiger partial charge in [-0.05, 0) is 19.1 Å². The lowest BCUT2D eigenvalue weighted by Crippen LogP contribution is -2.43. The van der Waals surface area contributed by atoms with Crippen molar-refractivity contribution in [2.75, 3.05) is 6.61 Å². The average Bonchev–Trinajstić information content (AvgIpc) is 2.33. The first kappa shape index (κ1) is 14.4. The maximum absolute atomic E-state index is 12.0. The highest BCUT2D eigenvalue weighted by molar-refractivity contribution is 7.86. The van der Waals surface area contributed by atoms with Crippen molar-refractivity contribution in [3.8, 4) is 0 Å². The minimum atomic E-state index is -3.95. The molecule has 0 amide bonds. The maximum Gasteiger partial charge on any atom is 0.297 e. The summed E-state index contributed by atoms with van der Waals surface area (Å²) in [6.45, 7) is 1.67. The lowest BCUT2D eigenvalue weighted by atomic mass is 10.1. The second-order valence-corrected chi connectivity index (χ2v) is 6.06. The van der Waals surface area contributed by atoms with Crippen LogP contribution in [0, 0.1) is 6.92 Å². The molecule has 19 heavy (non-hydrogen) atoms. The van der Waals surface area contributed by atoms with Crippen molar-refractivity contribution in [1.82, 2.24) is 0 Å². The van der Waals surface area contributed by atoms with Crippen LogP contribution >= 0.6 is 0 Å². The van der Waals surface area contributed by atoms with Crippen molar-refractivity contribution < 1.29 is 27.6 Å². The molecule has 106 valence electrons. The normalized spacial score (nSPS) is 28.3. The molecule has 6 nitrogen and oxygen atoms in total. The molecule has 1 saturated heterocycles. The van der Waals surface area contributed by atoms with Crippen molar-refractivity contribution in [2.24, 2.45) is 0 Å². The number of rotatable bonds is 3. The predicted molar refractivity (Wildman–Crippen MR) is 65.8 cm³/mol. The first-order valence-corrected chi connectivity index (χ1v) is 7.27. The Bertz CT molecular complexity index is 524. The fourth-order valence-electron chi connectivity index (χ4n) is 1.76. The summed E-state index contributed by atoms with van der Waals surface area (Å²) in [6.07, 6.45) is -3.25. The SMILES string of the molecule is Cc1ccc(S(=O)(=O)O[C@@H]2CO[C@@H](O)C[C@H]2O)cc1. The fraction of sp³-hybridized carbons (Fsp3) is 0.500. The van der Waals surface area contributed by atoms with Crippen LogP contribution in [0.2, 0.25) is 0 Å². The molecule has 0 aromatic heterocycles. The van der Waals surface area contributed by atoms with E-state index in [1.54, 1.807) is 12.1 Å². The molecule has 1 fully saturated rings. The number of aryl methyl sites for hydroxylation is 1. The molecule has 1 aromatic carbocycles. The van der Waals surface area contributed by atoms with Crippen LogP contribution < -0.4 is 0 Å². The predicted octanol–water partition coefficient (Wildman–Crippen LogP) is 0.169. The Labute approximate surface area is 111 Å². The Balaban J connectivity index is 2.11. The summed E-state index contributed by atoms with van der Waals surface area (Å²) in [4.78, 5) is 0.0245. The van der Waals surface area contributed by atoms with Gasteiger partial charge in [-0.25, -0.2) is 0 Å². The number of aliphatic hydroxyl groups excluding tert-OH is 2. The maximum atomic E-state index is 12.0. The van der Waals surface area contributed by atoms with E-state index in [1.165, 1.54) is 12.1 Å². The van der Waals surface area contributed by atoms with E-state index in [4.69, 9.17) is 14.0 Å². The highest BCUT2D eigenvalue weighted by atomic mass is 32.2. The van der Waals surface area contributed by atoms with Gasteiger partial charge in [-0.3, -0.25) is 4.18 Å². The van der Waals surface area contributed by atoms with Gasteiger partial charge in [-0.1, -0.05) is 17.7 Å². The van der Waals surface area contributed by atoms with E-state index in [2.05, 4.69) is 0 Å². The van der Waals surface area contributed by atoms with Gasteiger partial charge in [0.15, 0.2) is 6.29 Å². The van der Waals surface area contributed by atoms with Crippen LogP contribution in [0.25, 0.3) is 0 Å². The Kier molecular flexibility index (Phi) is 4.22. The summed E-state index contributed by atoms with van der Waals surface area (Å²) >= 11 is 0. The smallest absolute Gasteiger partial charge is 0.297 e. The van der Waals surface area contributed by atoms with Crippen LogP contribution in [0.3, 0.4) is 0 Å². The number of hydrogen-bond donors (Lipinski definition) is 2. The van der Waals surface area contributed by atoms with E-state index in [0.717, 1.165) is 5.56 Å². The van der Waals surface area contributed by atoms with E-state index in [0.29, 0.717) is 0 Å². The van der Waals surface area contributed by atoms with Crippen LogP contribution in [0.5, 0.6) is 0 Å². The van der Waals surface area contributed by atoms with Crippen LogP contribution in [0.1, 0.15) is 12.0 Å². The first-order chi connectivity index (χ1) is 8.88. The molecule has 1 aliphatic rings. The van der Waals surface area contributed by atoms with E-state index >= 15 is 0 Å². The molecule has 0 bridgehead atoms. The van der Waals surface area contributed by atoms with Gasteiger partial charge in [0.25, 0.3) is 10.1 Å². The van der Waals surface area contributed by atoms with Gasteiger partial charge in [0.05, 0.1) is 17.6 Å². The molecule has 7 heteroatoms. The van der Waals surface area contributed by atoms with Gasteiger partial charge in [0.2, 0.25) is 0 Å². The zero-order valence-corrected chi connectivity index (χ0v) is 11.2. The molecule has 0 unspecified atom stereocenters. The van der Waals surface area contributed by atoms with Crippen LogP contribution in [-0.4, -0.2) is 43.7 Å². The number of hydrogen-bond acceptors (Lipinski definition) is 6. The standard InChI is InChI=1S/C12H16O6S/c1-8-2-4-9(5-3-8)19(15,16)18-11-7-17-12(14)6-10(11)13/h2-5,10-14H,6-7H2,1H3/t10-,11-,12-/m1/s1. The van der Waals surface area contributed by atoms with Crippen molar-refractivity contribution in [1.29, 1.82) is 0 Å². The van der Waals surface area contributed by atoms with E-state index in [9.17, 15) is 13.5 Å². The molecule has 1 aliphatic heterocycles. The Hall–Kier alpha value is -0.990. The average molecular weight is 288 g/mol. The fourth-order valence-corrected chi connectivity index (χ4v) is 2.85. The third-order valence-corrected chi connectivity index (χ3v) is 4.24. The molecule has 0 saturated carbocycles. The lowest BCUT2D eigenvalue weighted by molar-refractivity contribution is -0.187. The molecular formula is C12H16O6S. The van der Waals surface area contributed by atoms with Crippen molar-refractivity contribution in [3.05, 3.63) is 29.8 Å². The molecule has 0 spiro atoms.